The Kier molecular flexibility index (Phi) is 4.59. The summed E-state index contributed by atoms with van der Waals surface area (Å²) >= 11 is 0. The highest BCUT2D eigenvalue weighted by Crippen LogP contribution is 2.15. The molecule has 0 fully saturated rings. The third-order valence-corrected chi connectivity index (χ3v) is 3.14. The lowest BCUT2D eigenvalue weighted by Gasteiger charge is -2.21. The highest BCUT2D eigenvalue weighted by atomic mass is 15.1. The van der Waals surface area contributed by atoms with E-state index in [1.807, 2.05) is 26.4 Å². The largest absolute Gasteiger partial charge is 0.376 e. The molecule has 2 unspecified atom stereocenters. The van der Waals surface area contributed by atoms with Gasteiger partial charge in [0.2, 0.25) is 0 Å². The number of hydrogen-bond donors (Lipinski definition) is 1. The molecule has 0 bridgehead atoms. The average Bonchev–Trinajstić information content (AvgIpc) is 2.28. The fourth-order valence-electron chi connectivity index (χ4n) is 1.47. The Morgan fingerprint density at radius 3 is 2.44 bits per heavy atom. The van der Waals surface area contributed by atoms with Crippen molar-refractivity contribution in [1.82, 2.24) is 4.98 Å². The summed E-state index contributed by atoms with van der Waals surface area (Å²) in [5, 5.41) is 3.43. The molecular weight excluding hydrogens is 198 g/mol. The molecule has 16 heavy (non-hydrogen) atoms. The lowest BCUT2D eigenvalue weighted by atomic mass is 10.0. The molecule has 90 valence electrons. The van der Waals surface area contributed by atoms with E-state index in [2.05, 4.69) is 42.0 Å². The minimum absolute atomic E-state index is 0.461. The van der Waals surface area contributed by atoms with E-state index in [-0.39, 0.29) is 0 Å². The summed E-state index contributed by atoms with van der Waals surface area (Å²) in [6.07, 6.45) is 3.08. The Balaban J connectivity index is 2.61. The van der Waals surface area contributed by atoms with Gasteiger partial charge < -0.3 is 10.2 Å². The smallest absolute Gasteiger partial charge is 0.126 e. The minimum Gasteiger partial charge on any atom is -0.376 e. The second kappa shape index (κ2) is 5.73. The minimum atomic E-state index is 0.461. The molecule has 0 radical (unpaired) electrons. The Morgan fingerprint density at radius 2 is 2.00 bits per heavy atom. The highest BCUT2D eigenvalue weighted by molar-refractivity contribution is 5.48. The first-order chi connectivity index (χ1) is 7.54. The van der Waals surface area contributed by atoms with Crippen molar-refractivity contribution in [3.63, 3.8) is 0 Å². The van der Waals surface area contributed by atoms with Crippen LogP contribution in [0.25, 0.3) is 0 Å². The molecule has 0 spiro atoms. The van der Waals surface area contributed by atoms with E-state index in [1.54, 1.807) is 0 Å². The number of aromatic nitrogens is 1. The molecule has 0 saturated heterocycles. The maximum Gasteiger partial charge on any atom is 0.126 e. The van der Waals surface area contributed by atoms with Crippen molar-refractivity contribution in [2.24, 2.45) is 5.92 Å². The van der Waals surface area contributed by atoms with Gasteiger partial charge in [0.15, 0.2) is 0 Å². The molecule has 0 aliphatic rings. The SMILES string of the molecule is CCC(C)C(C)Nc1ccc(N(C)C)cn1. The summed E-state index contributed by atoms with van der Waals surface area (Å²) in [7, 11) is 4.04. The molecule has 1 N–H and O–H groups in total. The van der Waals surface area contributed by atoms with E-state index in [0.717, 1.165) is 11.5 Å². The van der Waals surface area contributed by atoms with Gasteiger partial charge in [-0.1, -0.05) is 20.3 Å². The fraction of sp³-hybridized carbons (Fsp3) is 0.615. The summed E-state index contributed by atoms with van der Waals surface area (Å²) in [6.45, 7) is 6.67. The average molecular weight is 221 g/mol. The van der Waals surface area contributed by atoms with Crippen LogP contribution in [-0.4, -0.2) is 25.1 Å². The van der Waals surface area contributed by atoms with Gasteiger partial charge in [0.1, 0.15) is 5.82 Å². The van der Waals surface area contributed by atoms with Crippen LogP contribution in [-0.2, 0) is 0 Å². The molecule has 1 aromatic rings. The van der Waals surface area contributed by atoms with Crippen molar-refractivity contribution in [2.75, 3.05) is 24.3 Å². The zero-order valence-electron chi connectivity index (χ0n) is 11.0. The third-order valence-electron chi connectivity index (χ3n) is 3.14. The number of nitrogens with zero attached hydrogens (tertiary/aromatic N) is 2. The molecule has 3 nitrogen and oxygen atoms in total. The zero-order chi connectivity index (χ0) is 12.1. The van der Waals surface area contributed by atoms with Gasteiger partial charge in [-0.15, -0.1) is 0 Å². The Morgan fingerprint density at radius 1 is 1.31 bits per heavy atom. The van der Waals surface area contributed by atoms with Gasteiger partial charge >= 0.3 is 0 Å². The van der Waals surface area contributed by atoms with Crippen LogP contribution in [0, 0.1) is 5.92 Å². The van der Waals surface area contributed by atoms with Crippen LogP contribution < -0.4 is 10.2 Å². The molecule has 0 saturated carbocycles. The standard InChI is InChI=1S/C13H23N3/c1-6-10(2)11(3)15-13-8-7-12(9-14-13)16(4)5/h7-11H,6H2,1-5H3,(H,14,15). The van der Waals surface area contributed by atoms with Gasteiger partial charge in [-0.2, -0.15) is 0 Å². The van der Waals surface area contributed by atoms with Crippen LogP contribution in [0.3, 0.4) is 0 Å². The van der Waals surface area contributed by atoms with Crippen LogP contribution in [0.2, 0.25) is 0 Å². The maximum atomic E-state index is 4.40. The van der Waals surface area contributed by atoms with Gasteiger partial charge in [-0.3, -0.25) is 0 Å². The molecular formula is C13H23N3. The molecule has 0 aromatic carbocycles. The van der Waals surface area contributed by atoms with Crippen LogP contribution in [0.1, 0.15) is 27.2 Å². The second-order valence-electron chi connectivity index (χ2n) is 4.61. The Labute approximate surface area is 98.9 Å². The quantitative estimate of drug-likeness (QED) is 0.828. The van der Waals surface area contributed by atoms with Crippen molar-refractivity contribution in [2.45, 2.75) is 33.2 Å². The monoisotopic (exact) mass is 221 g/mol. The predicted octanol–water partition coefficient (Wildman–Crippen LogP) is 2.99. The first kappa shape index (κ1) is 12.8. The van der Waals surface area contributed by atoms with Gasteiger partial charge in [0.25, 0.3) is 0 Å². The molecule has 2 atom stereocenters. The van der Waals surface area contributed by atoms with Crippen LogP contribution in [0.4, 0.5) is 11.5 Å². The van der Waals surface area contributed by atoms with Crippen molar-refractivity contribution in [3.05, 3.63) is 18.3 Å². The van der Waals surface area contributed by atoms with E-state index in [0.29, 0.717) is 12.0 Å². The maximum absolute atomic E-state index is 4.40. The van der Waals surface area contributed by atoms with Crippen LogP contribution in [0.5, 0.6) is 0 Å². The van der Waals surface area contributed by atoms with E-state index in [9.17, 15) is 0 Å². The van der Waals surface area contributed by atoms with Crippen molar-refractivity contribution in [3.8, 4) is 0 Å². The van der Waals surface area contributed by atoms with E-state index < -0.39 is 0 Å². The number of pyridine rings is 1. The molecule has 0 aliphatic heterocycles. The van der Waals surface area contributed by atoms with Gasteiger partial charge in [0, 0.05) is 20.1 Å². The second-order valence-corrected chi connectivity index (χ2v) is 4.61. The Bertz CT molecular complexity index is 305. The Hall–Kier alpha value is -1.25. The molecule has 1 heterocycles. The summed E-state index contributed by atoms with van der Waals surface area (Å²) < 4.78 is 0. The predicted molar refractivity (Wildman–Crippen MR) is 71.1 cm³/mol. The number of hydrogen-bond acceptors (Lipinski definition) is 3. The molecule has 1 aromatic heterocycles. The van der Waals surface area contributed by atoms with Gasteiger partial charge in [-0.05, 0) is 25.0 Å². The first-order valence-corrected chi connectivity index (χ1v) is 5.94. The number of rotatable bonds is 5. The van der Waals surface area contributed by atoms with E-state index >= 15 is 0 Å². The van der Waals surface area contributed by atoms with Crippen LogP contribution in [0.15, 0.2) is 18.3 Å². The van der Waals surface area contributed by atoms with Gasteiger partial charge in [0.05, 0.1) is 11.9 Å². The topological polar surface area (TPSA) is 28.2 Å². The number of anilines is 2. The fourth-order valence-corrected chi connectivity index (χ4v) is 1.47. The van der Waals surface area contributed by atoms with Crippen molar-refractivity contribution in [1.29, 1.82) is 0 Å². The molecule has 0 aliphatic carbocycles. The number of nitrogens with one attached hydrogen (secondary N) is 1. The van der Waals surface area contributed by atoms with E-state index in [1.165, 1.54) is 6.42 Å². The summed E-state index contributed by atoms with van der Waals surface area (Å²) in [4.78, 5) is 6.45. The normalized spacial score (nSPS) is 14.3. The molecule has 3 heteroatoms. The van der Waals surface area contributed by atoms with E-state index in [4.69, 9.17) is 0 Å². The highest BCUT2D eigenvalue weighted by Gasteiger charge is 2.10. The third kappa shape index (κ3) is 3.40. The van der Waals surface area contributed by atoms with Crippen molar-refractivity contribution < 1.29 is 0 Å². The van der Waals surface area contributed by atoms with Crippen LogP contribution >= 0.6 is 0 Å². The van der Waals surface area contributed by atoms with Crippen molar-refractivity contribution >= 4 is 11.5 Å². The molecule has 1 rings (SSSR count). The molecule has 0 amide bonds. The first-order valence-electron chi connectivity index (χ1n) is 5.94. The van der Waals surface area contributed by atoms with Gasteiger partial charge in [-0.25, -0.2) is 4.98 Å². The zero-order valence-corrected chi connectivity index (χ0v) is 11.0. The summed E-state index contributed by atoms with van der Waals surface area (Å²) in [5.74, 6) is 1.62. The lowest BCUT2D eigenvalue weighted by molar-refractivity contribution is 0.493. The summed E-state index contributed by atoms with van der Waals surface area (Å²) in [5.41, 5.74) is 1.13. The lowest BCUT2D eigenvalue weighted by Crippen LogP contribution is -2.23. The summed E-state index contributed by atoms with van der Waals surface area (Å²) in [6, 6.07) is 4.58.